The number of amides is 2. The fourth-order valence-corrected chi connectivity index (χ4v) is 5.30. The van der Waals surface area contributed by atoms with Crippen molar-refractivity contribution in [3.8, 4) is 11.1 Å². The minimum Gasteiger partial charge on any atom is -0.364 e. The van der Waals surface area contributed by atoms with Gasteiger partial charge in [0.25, 0.3) is 11.8 Å². The lowest BCUT2D eigenvalue weighted by Gasteiger charge is -2.30. The molecule has 0 spiro atoms. The lowest BCUT2D eigenvalue weighted by Crippen LogP contribution is -2.35. The predicted molar refractivity (Wildman–Crippen MR) is 117 cm³/mol. The molecule has 0 bridgehead atoms. The molecular formula is C25H23F2N3O2. The van der Waals surface area contributed by atoms with Crippen LogP contribution >= 0.6 is 0 Å². The number of aromatic nitrogens is 1. The van der Waals surface area contributed by atoms with Crippen molar-refractivity contribution in [3.63, 3.8) is 0 Å². The molecule has 1 aromatic heterocycles. The lowest BCUT2D eigenvalue weighted by molar-refractivity contribution is -0.126. The van der Waals surface area contributed by atoms with Crippen molar-refractivity contribution >= 4 is 17.4 Å². The molecule has 2 amide bonds. The van der Waals surface area contributed by atoms with Crippen LogP contribution in [-0.2, 0) is 24.2 Å². The van der Waals surface area contributed by atoms with Gasteiger partial charge in [-0.25, -0.2) is 8.78 Å². The Kier molecular flexibility index (Phi) is 4.73. The Hall–Kier alpha value is -3.35. The van der Waals surface area contributed by atoms with E-state index in [-0.39, 0.29) is 24.4 Å². The number of allylic oxidation sites excluding steroid dienone is 2. The van der Waals surface area contributed by atoms with Crippen LogP contribution in [0.1, 0.15) is 52.0 Å². The van der Waals surface area contributed by atoms with Gasteiger partial charge < -0.3 is 10.6 Å². The molecule has 0 saturated heterocycles. The summed E-state index contributed by atoms with van der Waals surface area (Å²) in [4.78, 5) is 30.2. The summed E-state index contributed by atoms with van der Waals surface area (Å²) in [6.45, 7) is 4.58. The van der Waals surface area contributed by atoms with E-state index in [1.54, 1.807) is 11.1 Å². The third-order valence-electron chi connectivity index (χ3n) is 6.80. The molecule has 164 valence electrons. The number of halogens is 2. The number of hydrogen-bond donors (Lipinski definition) is 1. The molecule has 5 nitrogen and oxygen atoms in total. The van der Waals surface area contributed by atoms with Crippen molar-refractivity contribution in [1.82, 2.24) is 9.88 Å². The molecule has 1 aliphatic heterocycles. The molecule has 3 aliphatic rings. The Balaban J connectivity index is 1.67. The van der Waals surface area contributed by atoms with E-state index in [9.17, 15) is 18.4 Å². The van der Waals surface area contributed by atoms with Crippen LogP contribution in [0.3, 0.4) is 0 Å². The highest BCUT2D eigenvalue weighted by molar-refractivity contribution is 5.98. The predicted octanol–water partition coefficient (Wildman–Crippen LogP) is 4.05. The van der Waals surface area contributed by atoms with Crippen LogP contribution in [0.4, 0.5) is 8.78 Å². The van der Waals surface area contributed by atoms with Gasteiger partial charge in [-0.15, -0.1) is 0 Å². The second kappa shape index (κ2) is 7.36. The fraction of sp³-hybridized carbons (Fsp3) is 0.320. The van der Waals surface area contributed by atoms with Gasteiger partial charge in [-0.1, -0.05) is 30.4 Å². The van der Waals surface area contributed by atoms with Crippen molar-refractivity contribution in [3.05, 3.63) is 70.6 Å². The number of nitrogens with zero attached hydrogens (tertiary/aromatic N) is 2. The zero-order valence-electron chi connectivity index (χ0n) is 17.6. The number of pyridine rings is 1. The average Bonchev–Trinajstić information content (AvgIpc) is 3.14. The summed E-state index contributed by atoms with van der Waals surface area (Å²) < 4.78 is 28.7. The summed E-state index contributed by atoms with van der Waals surface area (Å²) in [6.07, 6.45) is 3.78. The van der Waals surface area contributed by atoms with Crippen molar-refractivity contribution in [2.24, 2.45) is 5.73 Å². The normalized spacial score (nSPS) is 18.6. The number of nitrogens with two attached hydrogens (primary N) is 1. The van der Waals surface area contributed by atoms with Crippen molar-refractivity contribution in [1.29, 1.82) is 0 Å². The zero-order chi connectivity index (χ0) is 22.6. The van der Waals surface area contributed by atoms with Gasteiger partial charge >= 0.3 is 0 Å². The van der Waals surface area contributed by atoms with Crippen LogP contribution in [0.5, 0.6) is 0 Å². The third kappa shape index (κ3) is 3.23. The molecule has 0 atom stereocenters. The Morgan fingerprint density at radius 1 is 1.19 bits per heavy atom. The van der Waals surface area contributed by atoms with E-state index in [1.165, 1.54) is 6.08 Å². The van der Waals surface area contributed by atoms with Crippen molar-refractivity contribution < 1.29 is 18.4 Å². The van der Waals surface area contributed by atoms with E-state index in [1.807, 2.05) is 18.2 Å². The van der Waals surface area contributed by atoms with Crippen molar-refractivity contribution in [2.75, 3.05) is 6.54 Å². The largest absolute Gasteiger partial charge is 0.364 e. The van der Waals surface area contributed by atoms with Gasteiger partial charge in [-0.2, -0.15) is 0 Å². The molecule has 2 aliphatic carbocycles. The molecule has 0 unspecified atom stereocenters. The average molecular weight is 435 g/mol. The molecule has 32 heavy (non-hydrogen) atoms. The monoisotopic (exact) mass is 435 g/mol. The number of fused-ring (bicyclic) bond motifs is 3. The Bertz CT molecular complexity index is 1220. The SMILES string of the molecule is C=CC(=O)N1CCc2c(cccc2-c2cnc(C(N)=O)c3c2C2=C(CCC(F)(F)C2)C3)C1. The standard InChI is InChI=1S/C25H23F2N3O2/c1-2-21(31)30-9-7-16-15(13-30)4-3-5-17(16)20-12-29-23(24(28)32)18-10-14-6-8-25(26,27)11-19(14)22(18)20/h2-5,12H,1,6-11,13H2,(H2,28,32). The zero-order valence-corrected chi connectivity index (χ0v) is 17.6. The highest BCUT2D eigenvalue weighted by Gasteiger charge is 2.41. The quantitative estimate of drug-likeness (QED) is 0.739. The first-order valence-corrected chi connectivity index (χ1v) is 10.7. The molecule has 7 heteroatoms. The summed E-state index contributed by atoms with van der Waals surface area (Å²) in [6, 6.07) is 5.85. The van der Waals surface area contributed by atoms with Crippen LogP contribution in [0.15, 0.2) is 42.6 Å². The molecule has 0 fully saturated rings. The summed E-state index contributed by atoms with van der Waals surface area (Å²) >= 11 is 0. The van der Waals surface area contributed by atoms with E-state index < -0.39 is 11.8 Å². The van der Waals surface area contributed by atoms with Crippen LogP contribution in [0.2, 0.25) is 0 Å². The molecule has 2 N–H and O–H groups in total. The number of rotatable bonds is 3. The maximum atomic E-state index is 14.4. The highest BCUT2D eigenvalue weighted by atomic mass is 19.3. The molecule has 5 rings (SSSR count). The van der Waals surface area contributed by atoms with Gasteiger partial charge in [0, 0.05) is 37.7 Å². The number of benzene rings is 1. The Morgan fingerprint density at radius 3 is 2.75 bits per heavy atom. The lowest BCUT2D eigenvalue weighted by atomic mass is 9.84. The third-order valence-corrected chi connectivity index (χ3v) is 6.80. The number of carbonyl (C=O) groups excluding carboxylic acids is 2. The van der Waals surface area contributed by atoms with Gasteiger partial charge in [0.1, 0.15) is 5.69 Å². The molecule has 0 radical (unpaired) electrons. The van der Waals surface area contributed by atoms with E-state index >= 15 is 0 Å². The highest BCUT2D eigenvalue weighted by Crippen LogP contribution is 2.50. The smallest absolute Gasteiger partial charge is 0.267 e. The van der Waals surface area contributed by atoms with E-state index in [2.05, 4.69) is 11.6 Å². The molecule has 0 saturated carbocycles. The van der Waals surface area contributed by atoms with E-state index in [4.69, 9.17) is 5.73 Å². The van der Waals surface area contributed by atoms with E-state index in [0.29, 0.717) is 49.1 Å². The van der Waals surface area contributed by atoms with Crippen LogP contribution in [-0.4, -0.2) is 34.2 Å². The van der Waals surface area contributed by atoms with Gasteiger partial charge in [0.05, 0.1) is 0 Å². The molecule has 2 heterocycles. The maximum Gasteiger partial charge on any atom is 0.267 e. The second-order valence-corrected chi connectivity index (χ2v) is 8.69. The fourth-order valence-electron chi connectivity index (χ4n) is 5.30. The summed E-state index contributed by atoms with van der Waals surface area (Å²) in [5.41, 5.74) is 12.4. The van der Waals surface area contributed by atoms with Gasteiger partial charge in [0.2, 0.25) is 5.91 Å². The number of alkyl halides is 2. The first kappa shape index (κ1) is 20.5. The maximum absolute atomic E-state index is 14.4. The summed E-state index contributed by atoms with van der Waals surface area (Å²) in [7, 11) is 0. The van der Waals surface area contributed by atoms with Crippen LogP contribution in [0.25, 0.3) is 16.7 Å². The summed E-state index contributed by atoms with van der Waals surface area (Å²) in [5.74, 6) is -3.53. The summed E-state index contributed by atoms with van der Waals surface area (Å²) in [5, 5.41) is 0. The van der Waals surface area contributed by atoms with Crippen LogP contribution < -0.4 is 5.73 Å². The number of carbonyl (C=O) groups is 2. The number of primary amides is 1. The first-order chi connectivity index (χ1) is 15.3. The van der Waals surface area contributed by atoms with E-state index in [0.717, 1.165) is 27.8 Å². The number of hydrogen-bond acceptors (Lipinski definition) is 3. The Morgan fingerprint density at radius 2 is 2.00 bits per heavy atom. The Labute approximate surface area is 184 Å². The molecule has 1 aromatic carbocycles. The van der Waals surface area contributed by atoms with Gasteiger partial charge in [0.15, 0.2) is 0 Å². The second-order valence-electron chi connectivity index (χ2n) is 8.69. The van der Waals surface area contributed by atoms with Crippen molar-refractivity contribution in [2.45, 2.75) is 44.6 Å². The topological polar surface area (TPSA) is 76.3 Å². The van der Waals surface area contributed by atoms with Gasteiger partial charge in [-0.3, -0.25) is 14.6 Å². The first-order valence-electron chi connectivity index (χ1n) is 10.7. The van der Waals surface area contributed by atoms with Gasteiger partial charge in [-0.05, 0) is 58.7 Å². The molecule has 2 aromatic rings. The molecular weight excluding hydrogens is 412 g/mol. The minimum atomic E-state index is -2.77. The minimum absolute atomic E-state index is 0.117. The van der Waals surface area contributed by atoms with Crippen LogP contribution in [0, 0.1) is 0 Å².